The summed E-state index contributed by atoms with van der Waals surface area (Å²) in [5.41, 5.74) is 3.62. The van der Waals surface area contributed by atoms with Crippen molar-refractivity contribution in [3.05, 3.63) is 29.3 Å². The van der Waals surface area contributed by atoms with E-state index in [1.54, 1.807) is 11.1 Å². The Balaban J connectivity index is 1.57. The summed E-state index contributed by atoms with van der Waals surface area (Å²) >= 11 is 0. The minimum Gasteiger partial charge on any atom is -0.494 e. The number of rotatable bonds is 10. The van der Waals surface area contributed by atoms with E-state index >= 15 is 0 Å². The number of aryl methyl sites for hydroxylation is 1. The second-order valence-electron chi connectivity index (χ2n) is 10.9. The van der Waals surface area contributed by atoms with E-state index in [1.807, 2.05) is 0 Å². The molecule has 2 fully saturated rings. The molecular formula is C29H46O2. The Kier molecular flexibility index (Phi) is 7.68. The maximum atomic E-state index is 6.54. The van der Waals surface area contributed by atoms with Crippen molar-refractivity contribution in [2.45, 2.75) is 110 Å². The quantitative estimate of drug-likeness (QED) is 0.354. The Bertz CT molecular complexity index is 713. The lowest BCUT2D eigenvalue weighted by molar-refractivity contribution is -0.0823. The Morgan fingerprint density at radius 1 is 0.968 bits per heavy atom. The number of unbranched alkanes of at least 4 members (excludes halogenated alkanes) is 2. The topological polar surface area (TPSA) is 18.5 Å². The fraction of sp³-hybridized carbons (Fsp3) is 0.793. The van der Waals surface area contributed by atoms with Crippen LogP contribution < -0.4 is 4.74 Å². The molecule has 0 heterocycles. The fourth-order valence-electron chi connectivity index (χ4n) is 7.54. The molecule has 0 amide bonds. The van der Waals surface area contributed by atoms with Crippen molar-refractivity contribution in [3.63, 3.8) is 0 Å². The smallest absolute Gasteiger partial charge is 0.119 e. The van der Waals surface area contributed by atoms with E-state index in [9.17, 15) is 0 Å². The van der Waals surface area contributed by atoms with Crippen molar-refractivity contribution in [3.8, 4) is 5.75 Å². The maximum Gasteiger partial charge on any atom is 0.119 e. The van der Waals surface area contributed by atoms with E-state index < -0.39 is 0 Å². The van der Waals surface area contributed by atoms with Crippen LogP contribution in [0.15, 0.2) is 18.2 Å². The van der Waals surface area contributed by atoms with Gasteiger partial charge in [-0.15, -0.1) is 0 Å². The van der Waals surface area contributed by atoms with Crippen LogP contribution in [-0.2, 0) is 11.2 Å². The van der Waals surface area contributed by atoms with Gasteiger partial charge in [-0.05, 0) is 97.3 Å². The lowest BCUT2D eigenvalue weighted by Crippen LogP contribution is -2.48. The zero-order valence-electron chi connectivity index (χ0n) is 20.6. The van der Waals surface area contributed by atoms with Gasteiger partial charge in [-0.1, -0.05) is 59.4 Å². The zero-order chi connectivity index (χ0) is 21.8. The molecule has 3 aliphatic carbocycles. The summed E-state index contributed by atoms with van der Waals surface area (Å²) < 4.78 is 12.6. The molecule has 0 spiro atoms. The first kappa shape index (κ1) is 23.1. The van der Waals surface area contributed by atoms with Gasteiger partial charge in [0.2, 0.25) is 0 Å². The van der Waals surface area contributed by atoms with Gasteiger partial charge in [0.1, 0.15) is 5.75 Å². The zero-order valence-corrected chi connectivity index (χ0v) is 20.6. The van der Waals surface area contributed by atoms with Crippen LogP contribution in [0.25, 0.3) is 0 Å². The lowest BCUT2D eigenvalue weighted by atomic mass is 9.51. The summed E-state index contributed by atoms with van der Waals surface area (Å²) in [6.07, 6.45) is 14.5. The van der Waals surface area contributed by atoms with Gasteiger partial charge in [-0.25, -0.2) is 0 Å². The van der Waals surface area contributed by atoms with E-state index in [4.69, 9.17) is 9.47 Å². The molecule has 31 heavy (non-hydrogen) atoms. The van der Waals surface area contributed by atoms with Gasteiger partial charge in [0.05, 0.1) is 12.7 Å². The van der Waals surface area contributed by atoms with Crippen molar-refractivity contribution in [2.24, 2.45) is 23.2 Å². The van der Waals surface area contributed by atoms with E-state index in [2.05, 4.69) is 45.9 Å². The SMILES string of the molecule is CCCCOc1ccc2c(c1)CCC1C2[C@@H](CCC)CC2(C)C(OCCCC)CCC12. The van der Waals surface area contributed by atoms with Crippen LogP contribution in [0.4, 0.5) is 0 Å². The molecule has 2 nitrogen and oxygen atoms in total. The molecule has 0 radical (unpaired) electrons. The van der Waals surface area contributed by atoms with Crippen LogP contribution in [0.1, 0.15) is 109 Å². The molecule has 1 aromatic carbocycles. The number of benzene rings is 1. The van der Waals surface area contributed by atoms with Crippen LogP contribution in [-0.4, -0.2) is 19.3 Å². The van der Waals surface area contributed by atoms with E-state index in [1.165, 1.54) is 64.2 Å². The summed E-state index contributed by atoms with van der Waals surface area (Å²) in [5, 5.41) is 0. The van der Waals surface area contributed by atoms with Crippen molar-refractivity contribution < 1.29 is 9.47 Å². The van der Waals surface area contributed by atoms with E-state index in [-0.39, 0.29) is 0 Å². The molecule has 4 rings (SSSR count). The highest BCUT2D eigenvalue weighted by atomic mass is 16.5. The van der Waals surface area contributed by atoms with Crippen molar-refractivity contribution in [2.75, 3.05) is 13.2 Å². The molecule has 0 aromatic heterocycles. The first-order chi connectivity index (χ1) is 15.1. The molecule has 2 heteroatoms. The van der Waals surface area contributed by atoms with Crippen LogP contribution in [0, 0.1) is 23.2 Å². The fourth-order valence-corrected chi connectivity index (χ4v) is 7.54. The number of hydrogen-bond acceptors (Lipinski definition) is 2. The van der Waals surface area contributed by atoms with Crippen LogP contribution >= 0.6 is 0 Å². The number of ether oxygens (including phenoxy) is 2. The average molecular weight is 427 g/mol. The van der Waals surface area contributed by atoms with Gasteiger partial charge in [-0.2, -0.15) is 0 Å². The van der Waals surface area contributed by atoms with E-state index in [0.717, 1.165) is 49.1 Å². The van der Waals surface area contributed by atoms with Gasteiger partial charge in [0.15, 0.2) is 0 Å². The van der Waals surface area contributed by atoms with Gasteiger partial charge < -0.3 is 9.47 Å². The maximum absolute atomic E-state index is 6.54. The third-order valence-corrected chi connectivity index (χ3v) is 8.97. The lowest BCUT2D eigenvalue weighted by Gasteiger charge is -2.54. The highest BCUT2D eigenvalue weighted by Crippen LogP contribution is 2.64. The molecule has 174 valence electrons. The standard InChI is InChI=1S/C29H46O2/c1-5-8-17-30-23-12-14-24-21(19-23)11-13-25-26-15-16-27(31-18-9-6-2)29(26,4)20-22(10-7-3)28(24)25/h12,14,19,22,25-28H,5-11,13,15-18,20H2,1-4H3/t22-,25?,26?,27?,28?,29?/m0/s1. The number of fused-ring (bicyclic) bond motifs is 5. The molecule has 0 bridgehead atoms. The summed E-state index contributed by atoms with van der Waals surface area (Å²) in [5.74, 6) is 4.32. The predicted octanol–water partition coefficient (Wildman–Crippen LogP) is 7.93. The van der Waals surface area contributed by atoms with Crippen LogP contribution in [0.5, 0.6) is 5.75 Å². The Morgan fingerprint density at radius 2 is 1.77 bits per heavy atom. The molecule has 0 N–H and O–H groups in total. The third-order valence-electron chi connectivity index (χ3n) is 8.97. The van der Waals surface area contributed by atoms with Crippen molar-refractivity contribution in [1.29, 1.82) is 0 Å². The minimum atomic E-state index is 0.384. The third kappa shape index (κ3) is 4.56. The molecule has 0 aliphatic heterocycles. The Morgan fingerprint density at radius 3 is 2.55 bits per heavy atom. The predicted molar refractivity (Wildman–Crippen MR) is 130 cm³/mol. The highest BCUT2D eigenvalue weighted by molar-refractivity contribution is 5.41. The van der Waals surface area contributed by atoms with Gasteiger partial charge in [0, 0.05) is 6.61 Å². The molecular weight excluding hydrogens is 380 g/mol. The van der Waals surface area contributed by atoms with Gasteiger partial charge in [-0.3, -0.25) is 0 Å². The summed E-state index contributed by atoms with van der Waals surface area (Å²) in [6, 6.07) is 7.09. The minimum absolute atomic E-state index is 0.384. The monoisotopic (exact) mass is 426 g/mol. The van der Waals surface area contributed by atoms with Gasteiger partial charge >= 0.3 is 0 Å². The van der Waals surface area contributed by atoms with Crippen LogP contribution in [0.2, 0.25) is 0 Å². The van der Waals surface area contributed by atoms with Crippen LogP contribution in [0.3, 0.4) is 0 Å². The van der Waals surface area contributed by atoms with E-state index in [0.29, 0.717) is 11.5 Å². The first-order valence-electron chi connectivity index (χ1n) is 13.5. The van der Waals surface area contributed by atoms with Gasteiger partial charge in [0.25, 0.3) is 0 Å². The van der Waals surface area contributed by atoms with Crippen molar-refractivity contribution >= 4 is 0 Å². The van der Waals surface area contributed by atoms with Crippen molar-refractivity contribution in [1.82, 2.24) is 0 Å². The molecule has 6 atom stereocenters. The highest BCUT2D eigenvalue weighted by Gasteiger charge is 2.57. The summed E-state index contributed by atoms with van der Waals surface area (Å²) in [7, 11) is 0. The molecule has 0 saturated heterocycles. The Hall–Kier alpha value is -1.02. The second kappa shape index (κ2) is 10.3. The molecule has 3 aliphatic rings. The number of hydrogen-bond donors (Lipinski definition) is 0. The average Bonchev–Trinajstić information content (AvgIpc) is 3.10. The first-order valence-corrected chi connectivity index (χ1v) is 13.5. The molecule has 2 saturated carbocycles. The molecule has 1 aromatic rings. The molecule has 5 unspecified atom stereocenters. The summed E-state index contributed by atoms with van der Waals surface area (Å²) in [4.78, 5) is 0. The summed E-state index contributed by atoms with van der Waals surface area (Å²) in [6.45, 7) is 11.3. The largest absolute Gasteiger partial charge is 0.494 e. The second-order valence-corrected chi connectivity index (χ2v) is 10.9. The Labute approximate surface area is 191 Å². The normalized spacial score (nSPS) is 34.1.